The van der Waals surface area contributed by atoms with E-state index < -0.39 is 23.5 Å². The van der Waals surface area contributed by atoms with Gasteiger partial charge in [-0.25, -0.2) is 0 Å². The van der Waals surface area contributed by atoms with Crippen LogP contribution in [0.25, 0.3) is 0 Å². The predicted molar refractivity (Wildman–Crippen MR) is 38.0 cm³/mol. The second-order valence-electron chi connectivity index (χ2n) is 2.31. The number of rotatable bonds is 1. The number of thiophene rings is 1. The molecule has 0 amide bonds. The van der Waals surface area contributed by atoms with Crippen LogP contribution in [0.3, 0.4) is 0 Å². The summed E-state index contributed by atoms with van der Waals surface area (Å²) in [6, 6.07) is 0.130. The molecule has 0 radical (unpaired) electrons. The standard InChI is InChI=1S/C5H2BF6S.K/c7-5(8,9)3-1-4(13-2-3)6(10,11)12;/h1-2H;/q-1;+1. The van der Waals surface area contributed by atoms with Crippen molar-refractivity contribution in [2.24, 2.45) is 0 Å². The van der Waals surface area contributed by atoms with E-state index in [1.165, 1.54) is 0 Å². The first-order valence-electron chi connectivity index (χ1n) is 3.07. The maximum absolute atomic E-state index is 11.9. The number of hydrogen-bond donors (Lipinski definition) is 0. The van der Waals surface area contributed by atoms with Gasteiger partial charge in [0.2, 0.25) is 0 Å². The minimum absolute atomic E-state index is 0. The second-order valence-corrected chi connectivity index (χ2v) is 3.25. The van der Waals surface area contributed by atoms with Crippen molar-refractivity contribution in [2.45, 2.75) is 6.18 Å². The average Bonchev–Trinajstić information content (AvgIpc) is 2.28. The minimum atomic E-state index is -5.32. The molecule has 0 spiro atoms. The first-order chi connectivity index (χ1) is 5.71. The summed E-state index contributed by atoms with van der Waals surface area (Å²) >= 11 is 0.0661. The third kappa shape index (κ3) is 3.86. The van der Waals surface area contributed by atoms with Crippen LogP contribution in [0.5, 0.6) is 0 Å². The molecule has 0 aliphatic rings. The quantitative estimate of drug-likeness (QED) is 0.484. The van der Waals surface area contributed by atoms with E-state index in [0.29, 0.717) is 5.38 Å². The van der Waals surface area contributed by atoms with Crippen molar-refractivity contribution in [1.82, 2.24) is 0 Å². The molecule has 1 aromatic rings. The van der Waals surface area contributed by atoms with Gasteiger partial charge in [-0.05, 0) is 5.38 Å². The van der Waals surface area contributed by atoms with Gasteiger partial charge in [-0.1, -0.05) is 10.8 Å². The molecule has 1 heterocycles. The van der Waals surface area contributed by atoms with Crippen molar-refractivity contribution in [3.63, 3.8) is 0 Å². The molecular weight excluding hydrogens is 256 g/mol. The zero-order chi connectivity index (χ0) is 10.3. The van der Waals surface area contributed by atoms with Crippen LogP contribution in [0.1, 0.15) is 5.56 Å². The van der Waals surface area contributed by atoms with Gasteiger partial charge in [-0.15, -0.1) is 0 Å². The van der Waals surface area contributed by atoms with Crippen molar-refractivity contribution in [3.05, 3.63) is 17.0 Å². The molecule has 0 saturated heterocycles. The Morgan fingerprint density at radius 3 is 1.86 bits per heavy atom. The molecule has 9 heteroatoms. The normalized spacial score (nSPS) is 12.4. The van der Waals surface area contributed by atoms with E-state index in [4.69, 9.17) is 0 Å². The van der Waals surface area contributed by atoms with Crippen LogP contribution in [0, 0.1) is 0 Å². The average molecular weight is 258 g/mol. The topological polar surface area (TPSA) is 0 Å². The minimum Gasteiger partial charge on any atom is -0.444 e. The molecule has 0 aliphatic carbocycles. The van der Waals surface area contributed by atoms with Crippen LogP contribution in [-0.2, 0) is 6.18 Å². The fraction of sp³-hybridized carbons (Fsp3) is 0.200. The van der Waals surface area contributed by atoms with Crippen molar-refractivity contribution in [2.75, 3.05) is 0 Å². The third-order valence-corrected chi connectivity index (χ3v) is 2.30. The second kappa shape index (κ2) is 4.88. The third-order valence-electron chi connectivity index (χ3n) is 1.27. The van der Waals surface area contributed by atoms with Gasteiger partial charge < -0.3 is 12.9 Å². The predicted octanol–water partition coefficient (Wildman–Crippen LogP) is -0.175. The van der Waals surface area contributed by atoms with Gasteiger partial charge in [-0.2, -0.15) is 24.5 Å². The van der Waals surface area contributed by atoms with Gasteiger partial charge in [0.25, 0.3) is 0 Å². The summed E-state index contributed by atoms with van der Waals surface area (Å²) in [6.07, 6.45) is -4.70. The summed E-state index contributed by atoms with van der Waals surface area (Å²) < 4.78 is 70.0. The molecular formula is C5H2BF6KS. The van der Waals surface area contributed by atoms with Crippen LogP contribution in [0.15, 0.2) is 11.4 Å². The summed E-state index contributed by atoms with van der Waals surface area (Å²) in [6.45, 7) is -5.32. The molecule has 74 valence electrons. The van der Waals surface area contributed by atoms with E-state index in [2.05, 4.69) is 0 Å². The Morgan fingerprint density at radius 1 is 1.14 bits per heavy atom. The van der Waals surface area contributed by atoms with E-state index in [-0.39, 0.29) is 68.8 Å². The van der Waals surface area contributed by atoms with Gasteiger partial charge in [0, 0.05) is 0 Å². The zero-order valence-corrected chi connectivity index (χ0v) is 10.8. The van der Waals surface area contributed by atoms with Gasteiger partial charge in [0.15, 0.2) is 0 Å². The Morgan fingerprint density at radius 2 is 1.64 bits per heavy atom. The maximum Gasteiger partial charge on any atom is 1.00 e. The largest absolute Gasteiger partial charge is 1.00 e. The molecule has 0 saturated carbocycles. The summed E-state index contributed by atoms with van der Waals surface area (Å²) in [7, 11) is 0. The maximum atomic E-state index is 11.9. The molecule has 0 N–H and O–H groups in total. The number of halogens is 6. The number of alkyl halides is 3. The van der Waals surface area contributed by atoms with E-state index in [1.54, 1.807) is 0 Å². The monoisotopic (exact) mass is 258 g/mol. The van der Waals surface area contributed by atoms with Crippen LogP contribution in [0.2, 0.25) is 0 Å². The summed E-state index contributed by atoms with van der Waals surface area (Å²) in [5.41, 5.74) is -1.24. The Kier molecular flexibility index (Phi) is 5.22. The smallest absolute Gasteiger partial charge is 0.444 e. The van der Waals surface area contributed by atoms with Gasteiger partial charge in [0.1, 0.15) is 0 Å². The zero-order valence-electron chi connectivity index (χ0n) is 6.91. The molecule has 0 unspecified atom stereocenters. The molecule has 0 aliphatic heterocycles. The molecule has 0 atom stereocenters. The van der Waals surface area contributed by atoms with E-state index >= 15 is 0 Å². The summed E-state index contributed by atoms with van der Waals surface area (Å²) in [4.78, 5) is 0. The van der Waals surface area contributed by atoms with E-state index in [1.807, 2.05) is 0 Å². The molecule has 1 rings (SSSR count). The molecule has 14 heavy (non-hydrogen) atoms. The first-order valence-corrected chi connectivity index (χ1v) is 3.95. The summed E-state index contributed by atoms with van der Waals surface area (Å²) in [5.74, 6) is 0. The molecule has 0 aromatic carbocycles. The molecule has 1 aromatic heterocycles. The Balaban J connectivity index is 0.00000169. The van der Waals surface area contributed by atoms with Crippen molar-refractivity contribution >= 4 is 23.1 Å². The SMILES string of the molecule is F[B-](F)(F)c1cc(C(F)(F)F)cs1.[K+]. The van der Waals surface area contributed by atoms with Crippen molar-refractivity contribution < 1.29 is 77.5 Å². The Labute approximate surface area is 122 Å². The Bertz CT molecular complexity index is 273. The van der Waals surface area contributed by atoms with Crippen LogP contribution in [-0.4, -0.2) is 6.98 Å². The Hall–Kier alpha value is 0.981. The fourth-order valence-electron chi connectivity index (χ4n) is 0.673. The van der Waals surface area contributed by atoms with Gasteiger partial charge in [-0.3, -0.25) is 0 Å². The molecule has 0 nitrogen and oxygen atoms in total. The fourth-order valence-corrected chi connectivity index (χ4v) is 1.49. The van der Waals surface area contributed by atoms with Crippen LogP contribution >= 0.6 is 11.3 Å². The molecule has 0 bridgehead atoms. The van der Waals surface area contributed by atoms with Crippen molar-refractivity contribution in [1.29, 1.82) is 0 Å². The van der Waals surface area contributed by atoms with Crippen molar-refractivity contribution in [3.8, 4) is 0 Å². The van der Waals surface area contributed by atoms with Gasteiger partial charge in [0.05, 0.1) is 5.56 Å². The van der Waals surface area contributed by atoms with Gasteiger partial charge >= 0.3 is 64.5 Å². The van der Waals surface area contributed by atoms with Crippen LogP contribution < -0.4 is 56.2 Å². The van der Waals surface area contributed by atoms with E-state index in [9.17, 15) is 26.1 Å². The first kappa shape index (κ1) is 15.0. The summed E-state index contributed by atoms with van der Waals surface area (Å²) in [5, 5.41) is 0.463. The van der Waals surface area contributed by atoms with Crippen LogP contribution in [0.4, 0.5) is 26.1 Å². The van der Waals surface area contributed by atoms with E-state index in [0.717, 1.165) is 0 Å². The molecule has 0 fully saturated rings. The number of hydrogen-bond acceptors (Lipinski definition) is 1.